The first-order valence-corrected chi connectivity index (χ1v) is 8.82. The Labute approximate surface area is 161 Å². The third-order valence-electron chi connectivity index (χ3n) is 4.25. The zero-order valence-electron chi connectivity index (χ0n) is 14.2. The van der Waals surface area contributed by atoms with Crippen LogP contribution in [0.3, 0.4) is 0 Å². The molecular weight excluding hydrogens is 360 g/mol. The van der Waals surface area contributed by atoms with Gasteiger partial charge < -0.3 is 4.74 Å². The molecule has 0 aliphatic carbocycles. The Morgan fingerprint density at radius 3 is 2.37 bits per heavy atom. The predicted molar refractivity (Wildman–Crippen MR) is 105 cm³/mol. The van der Waals surface area contributed by atoms with Crippen LogP contribution in [0.4, 0.5) is 0 Å². The molecule has 0 saturated heterocycles. The molecule has 1 aromatic heterocycles. The molecule has 0 radical (unpaired) electrons. The van der Waals surface area contributed by atoms with Crippen LogP contribution in [-0.4, -0.2) is 16.2 Å². The van der Waals surface area contributed by atoms with Crippen molar-refractivity contribution in [1.29, 1.82) is 0 Å². The molecule has 0 fully saturated rings. The second-order valence-electron chi connectivity index (χ2n) is 6.02. The zero-order valence-corrected chi connectivity index (χ0v) is 15.0. The maximum absolute atomic E-state index is 12.7. The van der Waals surface area contributed by atoms with Crippen molar-refractivity contribution in [3.63, 3.8) is 0 Å². The summed E-state index contributed by atoms with van der Waals surface area (Å²) in [6.07, 6.45) is 0.991. The van der Waals surface area contributed by atoms with Gasteiger partial charge in [0, 0.05) is 15.8 Å². The highest BCUT2D eigenvalue weighted by molar-refractivity contribution is 6.30. The fourth-order valence-corrected chi connectivity index (χ4v) is 3.04. The molecule has 0 spiro atoms. The van der Waals surface area contributed by atoms with Gasteiger partial charge >= 0.3 is 5.97 Å². The van der Waals surface area contributed by atoms with E-state index >= 15 is 0 Å². The highest BCUT2D eigenvalue weighted by Gasteiger charge is 2.24. The molecule has 0 amide bonds. The van der Waals surface area contributed by atoms with Gasteiger partial charge in [0.1, 0.15) is 5.69 Å². The SMILES string of the molecule is O=C(OC(c1ccc(Cl)cc1)c1nncc2ccccc12)c1ccccc1. The van der Waals surface area contributed by atoms with Crippen LogP contribution in [0.5, 0.6) is 0 Å². The molecule has 0 bridgehead atoms. The summed E-state index contributed by atoms with van der Waals surface area (Å²) in [4.78, 5) is 12.7. The Hall–Kier alpha value is -3.24. The Kier molecular flexibility index (Phi) is 4.81. The molecule has 1 heterocycles. The molecular formula is C22H15ClN2O2. The minimum absolute atomic E-state index is 0.426. The molecule has 4 aromatic rings. The molecule has 0 aliphatic rings. The molecule has 0 N–H and O–H groups in total. The zero-order chi connectivity index (χ0) is 18.6. The van der Waals surface area contributed by atoms with Crippen molar-refractivity contribution in [3.8, 4) is 0 Å². The van der Waals surface area contributed by atoms with Crippen LogP contribution in [0, 0.1) is 0 Å². The summed E-state index contributed by atoms with van der Waals surface area (Å²) in [6, 6.07) is 23.8. The quantitative estimate of drug-likeness (QED) is 0.459. The standard InChI is InChI=1S/C22H15ClN2O2/c23-18-12-10-15(11-13-18)21(27-22(26)16-6-2-1-3-7-16)20-19-9-5-4-8-17(19)14-24-25-20/h1-14,21H. The lowest BCUT2D eigenvalue weighted by Gasteiger charge is -2.19. The van der Waals surface area contributed by atoms with Crippen LogP contribution in [0.2, 0.25) is 5.02 Å². The summed E-state index contributed by atoms with van der Waals surface area (Å²) >= 11 is 6.02. The number of hydrogen-bond donors (Lipinski definition) is 0. The first-order valence-electron chi connectivity index (χ1n) is 8.44. The number of rotatable bonds is 4. The van der Waals surface area contributed by atoms with Crippen LogP contribution in [0.1, 0.15) is 27.7 Å². The smallest absolute Gasteiger partial charge is 0.339 e. The van der Waals surface area contributed by atoms with Crippen molar-refractivity contribution < 1.29 is 9.53 Å². The van der Waals surface area contributed by atoms with Crippen molar-refractivity contribution in [3.05, 3.63) is 107 Å². The fourth-order valence-electron chi connectivity index (χ4n) is 2.91. The van der Waals surface area contributed by atoms with Crippen LogP contribution < -0.4 is 0 Å². The van der Waals surface area contributed by atoms with Crippen molar-refractivity contribution in [2.45, 2.75) is 6.10 Å². The first kappa shape index (κ1) is 17.2. The number of ether oxygens (including phenoxy) is 1. The molecule has 1 unspecified atom stereocenters. The van der Waals surface area contributed by atoms with Gasteiger partial charge in [-0.2, -0.15) is 10.2 Å². The Bertz CT molecular complexity index is 1080. The van der Waals surface area contributed by atoms with Crippen LogP contribution >= 0.6 is 11.6 Å². The van der Waals surface area contributed by atoms with E-state index < -0.39 is 12.1 Å². The molecule has 1 atom stereocenters. The number of benzene rings is 3. The number of halogens is 1. The van der Waals surface area contributed by atoms with Crippen molar-refractivity contribution in [2.75, 3.05) is 0 Å². The lowest BCUT2D eigenvalue weighted by molar-refractivity contribution is 0.0372. The average Bonchev–Trinajstić information content (AvgIpc) is 2.73. The third-order valence-corrected chi connectivity index (χ3v) is 4.51. The van der Waals surface area contributed by atoms with E-state index in [-0.39, 0.29) is 0 Å². The van der Waals surface area contributed by atoms with Crippen molar-refractivity contribution >= 4 is 28.3 Å². The molecule has 132 valence electrons. The predicted octanol–water partition coefficient (Wildman–Crippen LogP) is 5.23. The maximum atomic E-state index is 12.7. The van der Waals surface area contributed by atoms with E-state index in [4.69, 9.17) is 16.3 Å². The second-order valence-corrected chi connectivity index (χ2v) is 6.46. The van der Waals surface area contributed by atoms with E-state index in [9.17, 15) is 4.79 Å². The normalized spacial score (nSPS) is 11.9. The Morgan fingerprint density at radius 2 is 1.59 bits per heavy atom. The average molecular weight is 375 g/mol. The van der Waals surface area contributed by atoms with Crippen molar-refractivity contribution in [2.24, 2.45) is 0 Å². The van der Waals surface area contributed by atoms with E-state index in [0.29, 0.717) is 16.3 Å². The van der Waals surface area contributed by atoms with Crippen LogP contribution in [0.25, 0.3) is 10.8 Å². The molecule has 4 nitrogen and oxygen atoms in total. The van der Waals surface area contributed by atoms with Gasteiger partial charge in [0.05, 0.1) is 11.8 Å². The number of hydrogen-bond acceptors (Lipinski definition) is 4. The molecule has 27 heavy (non-hydrogen) atoms. The highest BCUT2D eigenvalue weighted by Crippen LogP contribution is 2.31. The lowest BCUT2D eigenvalue weighted by Crippen LogP contribution is -2.15. The summed E-state index contributed by atoms with van der Waals surface area (Å²) in [6.45, 7) is 0. The monoisotopic (exact) mass is 374 g/mol. The van der Waals surface area contributed by atoms with E-state index in [1.165, 1.54) is 0 Å². The fraction of sp³-hybridized carbons (Fsp3) is 0.0455. The Balaban J connectivity index is 1.80. The van der Waals surface area contributed by atoms with Gasteiger partial charge in [-0.05, 0) is 29.8 Å². The second kappa shape index (κ2) is 7.56. The Morgan fingerprint density at radius 1 is 0.889 bits per heavy atom. The van der Waals surface area contributed by atoms with Gasteiger partial charge in [-0.3, -0.25) is 0 Å². The van der Waals surface area contributed by atoms with E-state index in [1.807, 2.05) is 42.5 Å². The summed E-state index contributed by atoms with van der Waals surface area (Å²) < 4.78 is 5.87. The first-order chi connectivity index (χ1) is 13.2. The van der Waals surface area contributed by atoms with E-state index in [2.05, 4.69) is 10.2 Å². The van der Waals surface area contributed by atoms with Crippen LogP contribution in [0.15, 0.2) is 85.1 Å². The molecule has 4 rings (SSSR count). The number of carbonyl (C=O) groups excluding carboxylic acids is 1. The maximum Gasteiger partial charge on any atom is 0.339 e. The summed E-state index contributed by atoms with van der Waals surface area (Å²) in [5.74, 6) is -0.426. The van der Waals surface area contributed by atoms with Gasteiger partial charge in [0.25, 0.3) is 0 Å². The number of carbonyl (C=O) groups is 1. The molecule has 3 aromatic carbocycles. The highest BCUT2D eigenvalue weighted by atomic mass is 35.5. The third kappa shape index (κ3) is 3.66. The number of esters is 1. The van der Waals surface area contributed by atoms with Crippen LogP contribution in [-0.2, 0) is 4.74 Å². The summed E-state index contributed by atoms with van der Waals surface area (Å²) in [5, 5.41) is 10.8. The topological polar surface area (TPSA) is 52.1 Å². The van der Waals surface area contributed by atoms with Gasteiger partial charge in [0.15, 0.2) is 6.10 Å². The minimum atomic E-state index is -0.700. The molecule has 0 saturated carbocycles. The largest absolute Gasteiger partial charge is 0.447 e. The number of fused-ring (bicyclic) bond motifs is 1. The molecule has 0 aliphatic heterocycles. The van der Waals surface area contributed by atoms with Gasteiger partial charge in [-0.25, -0.2) is 4.79 Å². The van der Waals surface area contributed by atoms with Crippen molar-refractivity contribution in [1.82, 2.24) is 10.2 Å². The van der Waals surface area contributed by atoms with Gasteiger partial charge in [-0.15, -0.1) is 0 Å². The number of aromatic nitrogens is 2. The van der Waals surface area contributed by atoms with E-state index in [1.54, 1.807) is 42.6 Å². The van der Waals surface area contributed by atoms with Gasteiger partial charge in [0.2, 0.25) is 0 Å². The lowest BCUT2D eigenvalue weighted by atomic mass is 10.0. The summed E-state index contributed by atoms with van der Waals surface area (Å²) in [7, 11) is 0. The minimum Gasteiger partial charge on any atom is -0.447 e. The van der Waals surface area contributed by atoms with Gasteiger partial charge in [-0.1, -0.05) is 66.2 Å². The number of nitrogens with zero attached hydrogens (tertiary/aromatic N) is 2. The summed E-state index contributed by atoms with van der Waals surface area (Å²) in [5.41, 5.74) is 1.83. The van der Waals surface area contributed by atoms with E-state index in [0.717, 1.165) is 16.3 Å². The molecule has 5 heteroatoms.